The molecule has 68 valence electrons. The number of hydrogen-bond donors (Lipinski definition) is 1. The molecule has 0 saturated carbocycles. The van der Waals surface area contributed by atoms with Crippen molar-refractivity contribution in [3.8, 4) is 0 Å². The van der Waals surface area contributed by atoms with Crippen molar-refractivity contribution >= 4 is 0 Å². The molecule has 0 heterocycles. The predicted octanol–water partition coefficient (Wildman–Crippen LogP) is 1.56. The maximum atomic E-state index is 4.86. The molecular weight excluding hydrogens is 140 g/mol. The van der Waals surface area contributed by atoms with E-state index >= 15 is 0 Å². The number of nitrogens with one attached hydrogen (secondary N) is 1. The molecule has 0 spiro atoms. The van der Waals surface area contributed by atoms with Gasteiger partial charge in [-0.1, -0.05) is 6.92 Å². The number of nitrogens with zero attached hydrogens (tertiary/aromatic N) is 1. The third kappa shape index (κ3) is 4.35. The summed E-state index contributed by atoms with van der Waals surface area (Å²) in [6.45, 7) is 9.59. The van der Waals surface area contributed by atoms with E-state index in [0.29, 0.717) is 0 Å². The van der Waals surface area contributed by atoms with Gasteiger partial charge in [-0.15, -0.1) is 5.59 Å². The molecule has 0 amide bonds. The van der Waals surface area contributed by atoms with Gasteiger partial charge in [-0.3, -0.25) is 4.84 Å². The van der Waals surface area contributed by atoms with Gasteiger partial charge in [0.05, 0.1) is 7.11 Å². The van der Waals surface area contributed by atoms with Crippen molar-refractivity contribution in [3.05, 3.63) is 0 Å². The van der Waals surface area contributed by atoms with E-state index in [0.717, 1.165) is 13.0 Å². The van der Waals surface area contributed by atoms with E-state index in [9.17, 15) is 0 Å². The Bertz CT molecular complexity index is 92.8. The lowest BCUT2D eigenvalue weighted by Crippen LogP contribution is -2.50. The fourth-order valence-corrected chi connectivity index (χ4v) is 0.852. The monoisotopic (exact) mass is 160 g/mol. The molecule has 0 aromatic heterocycles. The minimum atomic E-state index is 0.117. The van der Waals surface area contributed by atoms with E-state index in [2.05, 4.69) is 38.3 Å². The van der Waals surface area contributed by atoms with Crippen LogP contribution in [0.2, 0.25) is 0 Å². The molecule has 1 N–H and O–H groups in total. The maximum Gasteiger partial charge on any atom is 0.0588 e. The zero-order chi connectivity index (χ0) is 8.91. The van der Waals surface area contributed by atoms with Crippen molar-refractivity contribution in [3.63, 3.8) is 0 Å². The Morgan fingerprint density at radius 1 is 1.36 bits per heavy atom. The van der Waals surface area contributed by atoms with Gasteiger partial charge in [-0.2, -0.15) is 0 Å². The molecule has 0 saturated heterocycles. The normalized spacial score (nSPS) is 12.5. The van der Waals surface area contributed by atoms with Gasteiger partial charge in [0.25, 0.3) is 0 Å². The average Bonchev–Trinajstić information content (AvgIpc) is 1.85. The lowest BCUT2D eigenvalue weighted by atomic mass is 10.1. The minimum Gasteiger partial charge on any atom is -0.290 e. The van der Waals surface area contributed by atoms with Crippen molar-refractivity contribution < 1.29 is 4.84 Å². The first kappa shape index (κ1) is 10.9. The van der Waals surface area contributed by atoms with E-state index < -0.39 is 0 Å². The lowest BCUT2D eigenvalue weighted by molar-refractivity contribution is -0.0998. The van der Waals surface area contributed by atoms with E-state index in [1.807, 2.05) is 0 Å². The summed E-state index contributed by atoms with van der Waals surface area (Å²) >= 11 is 0. The molecule has 0 radical (unpaired) electrons. The first-order valence-electron chi connectivity index (χ1n) is 4.08. The van der Waals surface area contributed by atoms with Gasteiger partial charge in [0.2, 0.25) is 0 Å². The van der Waals surface area contributed by atoms with Gasteiger partial charge in [0, 0.05) is 12.1 Å². The highest BCUT2D eigenvalue weighted by Crippen LogP contribution is 2.09. The van der Waals surface area contributed by atoms with Crippen LogP contribution in [0.3, 0.4) is 0 Å². The average molecular weight is 160 g/mol. The Balaban J connectivity index is 3.88. The number of rotatable bonds is 4. The summed E-state index contributed by atoms with van der Waals surface area (Å²) in [5, 5.41) is 2.08. The standard InChI is InChI=1S/C8H20N2O/c1-6-7-10(9-11-5)8(2,3)4/h9H,6-7H2,1-5H3. The fraction of sp³-hybridized carbons (Fsp3) is 1.00. The minimum absolute atomic E-state index is 0.117. The van der Waals surface area contributed by atoms with Crippen LogP contribution in [0.15, 0.2) is 0 Å². The molecule has 0 aliphatic rings. The second kappa shape index (κ2) is 4.70. The van der Waals surface area contributed by atoms with Gasteiger partial charge in [0.1, 0.15) is 0 Å². The molecule has 3 heteroatoms. The highest BCUT2D eigenvalue weighted by Gasteiger charge is 2.19. The first-order valence-corrected chi connectivity index (χ1v) is 4.08. The summed E-state index contributed by atoms with van der Waals surface area (Å²) < 4.78 is 0. The van der Waals surface area contributed by atoms with Crippen LogP contribution in [0.1, 0.15) is 34.1 Å². The third-order valence-electron chi connectivity index (χ3n) is 1.46. The van der Waals surface area contributed by atoms with Gasteiger partial charge in [-0.25, -0.2) is 5.01 Å². The lowest BCUT2D eigenvalue weighted by Gasteiger charge is -2.34. The van der Waals surface area contributed by atoms with Crippen LogP contribution < -0.4 is 5.59 Å². The highest BCUT2D eigenvalue weighted by atomic mass is 16.7. The predicted molar refractivity (Wildman–Crippen MR) is 46.9 cm³/mol. The molecule has 11 heavy (non-hydrogen) atoms. The maximum absolute atomic E-state index is 4.86. The van der Waals surface area contributed by atoms with E-state index in [4.69, 9.17) is 4.84 Å². The van der Waals surface area contributed by atoms with Crippen molar-refractivity contribution in [2.75, 3.05) is 13.7 Å². The summed E-state index contributed by atoms with van der Waals surface area (Å²) in [6, 6.07) is 0. The summed E-state index contributed by atoms with van der Waals surface area (Å²) in [5.74, 6) is 0. The first-order chi connectivity index (χ1) is 5.02. The molecule has 0 rings (SSSR count). The van der Waals surface area contributed by atoms with E-state index in [1.54, 1.807) is 7.11 Å². The zero-order valence-electron chi connectivity index (χ0n) is 8.27. The van der Waals surface area contributed by atoms with Crippen LogP contribution in [-0.4, -0.2) is 24.2 Å². The Morgan fingerprint density at radius 3 is 2.18 bits per heavy atom. The quantitative estimate of drug-likeness (QED) is 0.632. The molecule has 0 aromatic rings. The molecule has 0 bridgehead atoms. The number of hydrogen-bond acceptors (Lipinski definition) is 3. The topological polar surface area (TPSA) is 24.5 Å². The van der Waals surface area contributed by atoms with E-state index in [1.165, 1.54) is 0 Å². The largest absolute Gasteiger partial charge is 0.290 e. The van der Waals surface area contributed by atoms with Crippen molar-refractivity contribution in [1.82, 2.24) is 10.6 Å². The van der Waals surface area contributed by atoms with Crippen molar-refractivity contribution in [2.24, 2.45) is 0 Å². The Labute approximate surface area is 69.6 Å². The van der Waals surface area contributed by atoms with E-state index in [-0.39, 0.29) is 5.54 Å². The second-order valence-corrected chi connectivity index (χ2v) is 3.62. The molecule has 0 unspecified atom stereocenters. The SMILES string of the molecule is CCCN(NOC)C(C)(C)C. The van der Waals surface area contributed by atoms with Crippen LogP contribution in [0, 0.1) is 0 Å². The molecule has 0 atom stereocenters. The Kier molecular flexibility index (Phi) is 4.65. The van der Waals surface area contributed by atoms with Crippen LogP contribution >= 0.6 is 0 Å². The molecular formula is C8H20N2O. The van der Waals surface area contributed by atoms with Gasteiger partial charge >= 0.3 is 0 Å². The van der Waals surface area contributed by atoms with Crippen LogP contribution in [0.5, 0.6) is 0 Å². The third-order valence-corrected chi connectivity index (χ3v) is 1.46. The Morgan fingerprint density at radius 2 is 1.91 bits per heavy atom. The zero-order valence-corrected chi connectivity index (χ0v) is 8.27. The van der Waals surface area contributed by atoms with Crippen LogP contribution in [0.25, 0.3) is 0 Å². The summed E-state index contributed by atoms with van der Waals surface area (Å²) in [6.07, 6.45) is 1.12. The molecule has 0 fully saturated rings. The van der Waals surface area contributed by atoms with Crippen LogP contribution in [-0.2, 0) is 4.84 Å². The fourth-order valence-electron chi connectivity index (χ4n) is 0.852. The van der Waals surface area contributed by atoms with Gasteiger partial charge in [0.15, 0.2) is 0 Å². The smallest absolute Gasteiger partial charge is 0.0588 e. The molecule has 0 aliphatic carbocycles. The Hall–Kier alpha value is -0.120. The summed E-state index contributed by atoms with van der Waals surface area (Å²) in [5.41, 5.74) is 2.97. The highest BCUT2D eigenvalue weighted by molar-refractivity contribution is 4.70. The second-order valence-electron chi connectivity index (χ2n) is 3.62. The van der Waals surface area contributed by atoms with Gasteiger partial charge in [-0.05, 0) is 27.2 Å². The van der Waals surface area contributed by atoms with Crippen molar-refractivity contribution in [2.45, 2.75) is 39.7 Å². The summed E-state index contributed by atoms with van der Waals surface area (Å²) in [7, 11) is 1.63. The molecule has 3 nitrogen and oxygen atoms in total. The summed E-state index contributed by atoms with van der Waals surface area (Å²) in [4.78, 5) is 4.86. The van der Waals surface area contributed by atoms with Crippen LogP contribution in [0.4, 0.5) is 0 Å². The molecule has 0 aliphatic heterocycles. The van der Waals surface area contributed by atoms with Gasteiger partial charge < -0.3 is 0 Å². The number of hydrazine groups is 1. The van der Waals surface area contributed by atoms with Crippen molar-refractivity contribution in [1.29, 1.82) is 0 Å². The molecule has 0 aromatic carbocycles.